The number of thiocarbonyl (C=S) groups is 1. The van der Waals surface area contributed by atoms with Crippen LogP contribution in [0.3, 0.4) is 0 Å². The van der Waals surface area contributed by atoms with Gasteiger partial charge in [0.15, 0.2) is 10.8 Å². The second-order valence-electron chi connectivity index (χ2n) is 2.72. The summed E-state index contributed by atoms with van der Waals surface area (Å²) < 4.78 is 1.41. The molecule has 1 aromatic rings. The lowest BCUT2D eigenvalue weighted by Gasteiger charge is -1.99. The number of aromatic nitrogens is 2. The van der Waals surface area contributed by atoms with Crippen molar-refractivity contribution in [3.63, 3.8) is 0 Å². The Morgan fingerprint density at radius 3 is 3.12 bits per heavy atom. The molecule has 0 spiro atoms. The number of hydrogen-bond donors (Lipinski definition) is 2. The lowest BCUT2D eigenvalue weighted by molar-refractivity contribution is -0.396. The number of nitrogens with zero attached hydrogens (tertiary/aromatic N) is 4. The molecule has 0 saturated carbocycles. The van der Waals surface area contributed by atoms with Crippen LogP contribution in [0.1, 0.15) is 12.6 Å². The summed E-state index contributed by atoms with van der Waals surface area (Å²) in [5, 5.41) is 14.3. The third kappa shape index (κ3) is 2.73. The molecule has 86 valence electrons. The van der Waals surface area contributed by atoms with Gasteiger partial charge in [0.1, 0.15) is 6.20 Å². The molecule has 0 aliphatic carbocycles. The molecule has 3 N–H and O–H groups in total. The van der Waals surface area contributed by atoms with E-state index in [-0.39, 0.29) is 11.1 Å². The molecule has 1 aromatic heterocycles. The summed E-state index contributed by atoms with van der Waals surface area (Å²) in [6, 6.07) is 0. The first-order valence-electron chi connectivity index (χ1n) is 4.34. The molecule has 0 bridgehead atoms. The first-order chi connectivity index (χ1) is 7.56. The molecule has 0 aliphatic heterocycles. The standard InChI is InChI=1S/C7H10N6O2S/c1-2-12-5(4-10-11-6(8)16)3-9-7(12)13(14)15/h3-4H,2H2,1H3,(H3,8,11,16)/b10-4+. The van der Waals surface area contributed by atoms with Crippen LogP contribution in [-0.2, 0) is 6.54 Å². The molecule has 0 aromatic carbocycles. The zero-order valence-electron chi connectivity index (χ0n) is 8.45. The molecule has 0 atom stereocenters. The topological polar surface area (TPSA) is 111 Å². The van der Waals surface area contributed by atoms with Crippen molar-refractivity contribution < 1.29 is 4.92 Å². The van der Waals surface area contributed by atoms with Crippen LogP contribution in [0.5, 0.6) is 0 Å². The molecule has 1 heterocycles. The smallest absolute Gasteiger partial charge is 0.390 e. The van der Waals surface area contributed by atoms with Gasteiger partial charge in [-0.15, -0.1) is 0 Å². The molecular weight excluding hydrogens is 232 g/mol. The highest BCUT2D eigenvalue weighted by atomic mass is 32.1. The van der Waals surface area contributed by atoms with Crippen LogP contribution in [0.25, 0.3) is 0 Å². The van der Waals surface area contributed by atoms with Crippen molar-refractivity contribution in [2.24, 2.45) is 10.8 Å². The quantitative estimate of drug-likeness (QED) is 0.332. The fourth-order valence-electron chi connectivity index (χ4n) is 1.11. The monoisotopic (exact) mass is 242 g/mol. The number of hydrazone groups is 1. The lowest BCUT2D eigenvalue weighted by atomic mass is 10.5. The van der Waals surface area contributed by atoms with Gasteiger partial charge in [-0.05, 0) is 24.1 Å². The summed E-state index contributed by atoms with van der Waals surface area (Å²) in [6.07, 6.45) is 2.72. The Balaban J connectivity index is 2.93. The Morgan fingerprint density at radius 2 is 2.62 bits per heavy atom. The van der Waals surface area contributed by atoms with Crippen LogP contribution in [0.15, 0.2) is 11.3 Å². The van der Waals surface area contributed by atoms with Crippen molar-refractivity contribution in [3.8, 4) is 0 Å². The SMILES string of the molecule is CCn1c(/C=N/NC(N)=S)cnc1[N+](=O)[O-]. The molecule has 1 rings (SSSR count). The van der Waals surface area contributed by atoms with E-state index in [4.69, 9.17) is 5.73 Å². The average molecular weight is 242 g/mol. The fraction of sp³-hybridized carbons (Fsp3) is 0.286. The summed E-state index contributed by atoms with van der Waals surface area (Å²) in [6.45, 7) is 2.19. The highest BCUT2D eigenvalue weighted by Crippen LogP contribution is 2.10. The maximum Gasteiger partial charge on any atom is 0.435 e. The summed E-state index contributed by atoms with van der Waals surface area (Å²) in [5.74, 6) is -0.223. The summed E-state index contributed by atoms with van der Waals surface area (Å²) in [5.41, 5.74) is 8.01. The van der Waals surface area contributed by atoms with Gasteiger partial charge >= 0.3 is 5.95 Å². The minimum atomic E-state index is -0.554. The van der Waals surface area contributed by atoms with Crippen LogP contribution >= 0.6 is 12.2 Å². The van der Waals surface area contributed by atoms with E-state index in [1.54, 1.807) is 6.92 Å². The van der Waals surface area contributed by atoms with Crippen molar-refractivity contribution >= 4 is 29.5 Å². The zero-order chi connectivity index (χ0) is 12.1. The third-order valence-corrected chi connectivity index (χ3v) is 1.81. The Hall–Kier alpha value is -2.03. The summed E-state index contributed by atoms with van der Waals surface area (Å²) >= 11 is 4.54. The average Bonchev–Trinajstić information content (AvgIpc) is 2.60. The van der Waals surface area contributed by atoms with Crippen molar-refractivity contribution in [1.82, 2.24) is 15.0 Å². The minimum absolute atomic E-state index is 0.0216. The van der Waals surface area contributed by atoms with Gasteiger partial charge < -0.3 is 15.8 Å². The molecule has 0 amide bonds. The summed E-state index contributed by atoms with van der Waals surface area (Å²) in [7, 11) is 0. The number of nitrogens with one attached hydrogen (secondary N) is 1. The Labute approximate surface area is 96.3 Å². The fourth-order valence-corrected chi connectivity index (χ4v) is 1.17. The van der Waals surface area contributed by atoms with E-state index in [9.17, 15) is 10.1 Å². The first kappa shape index (κ1) is 12.0. The van der Waals surface area contributed by atoms with Gasteiger partial charge in [0.2, 0.25) is 0 Å². The number of imidazole rings is 1. The molecular formula is C7H10N6O2S. The molecule has 16 heavy (non-hydrogen) atoms. The third-order valence-electron chi connectivity index (χ3n) is 1.72. The van der Waals surface area contributed by atoms with Crippen LogP contribution in [0, 0.1) is 10.1 Å². The van der Waals surface area contributed by atoms with E-state index in [0.717, 1.165) is 0 Å². The van der Waals surface area contributed by atoms with E-state index < -0.39 is 4.92 Å². The second kappa shape index (κ2) is 5.16. The maximum atomic E-state index is 10.6. The maximum absolute atomic E-state index is 10.6. The predicted molar refractivity (Wildman–Crippen MR) is 62.1 cm³/mol. The van der Waals surface area contributed by atoms with Crippen LogP contribution in [0.2, 0.25) is 0 Å². The van der Waals surface area contributed by atoms with Crippen molar-refractivity contribution in [3.05, 3.63) is 22.0 Å². The largest absolute Gasteiger partial charge is 0.435 e. The minimum Gasteiger partial charge on any atom is -0.390 e. The Morgan fingerprint density at radius 1 is 1.94 bits per heavy atom. The highest BCUT2D eigenvalue weighted by Gasteiger charge is 2.17. The summed E-state index contributed by atoms with van der Waals surface area (Å²) in [4.78, 5) is 13.7. The normalized spacial score (nSPS) is 10.6. The van der Waals surface area contributed by atoms with E-state index >= 15 is 0 Å². The van der Waals surface area contributed by atoms with E-state index in [2.05, 4.69) is 27.7 Å². The Kier molecular flexibility index (Phi) is 3.89. The number of nitrogens with two attached hydrogens (primary N) is 1. The first-order valence-corrected chi connectivity index (χ1v) is 4.75. The van der Waals surface area contributed by atoms with E-state index in [0.29, 0.717) is 12.2 Å². The van der Waals surface area contributed by atoms with Crippen molar-refractivity contribution in [1.29, 1.82) is 0 Å². The molecule has 0 fully saturated rings. The number of nitro groups is 1. The highest BCUT2D eigenvalue weighted by molar-refractivity contribution is 7.80. The van der Waals surface area contributed by atoms with Crippen molar-refractivity contribution in [2.75, 3.05) is 0 Å². The van der Waals surface area contributed by atoms with Crippen LogP contribution < -0.4 is 11.2 Å². The molecule has 8 nitrogen and oxygen atoms in total. The van der Waals surface area contributed by atoms with Crippen LogP contribution in [0.4, 0.5) is 5.95 Å². The van der Waals surface area contributed by atoms with Gasteiger partial charge in [0.25, 0.3) is 0 Å². The van der Waals surface area contributed by atoms with Gasteiger partial charge in [0.05, 0.1) is 12.8 Å². The molecule has 0 radical (unpaired) electrons. The van der Waals surface area contributed by atoms with Gasteiger partial charge in [-0.3, -0.25) is 5.43 Å². The molecule has 0 unspecified atom stereocenters. The van der Waals surface area contributed by atoms with Gasteiger partial charge in [-0.25, -0.2) is 4.57 Å². The van der Waals surface area contributed by atoms with Crippen molar-refractivity contribution in [2.45, 2.75) is 13.5 Å². The second-order valence-corrected chi connectivity index (χ2v) is 3.16. The molecule has 9 heteroatoms. The number of rotatable bonds is 4. The number of hydrogen-bond acceptors (Lipinski definition) is 5. The van der Waals surface area contributed by atoms with E-state index in [1.807, 2.05) is 0 Å². The Bertz CT molecular complexity index is 440. The zero-order valence-corrected chi connectivity index (χ0v) is 9.27. The van der Waals surface area contributed by atoms with Gasteiger partial charge in [0, 0.05) is 0 Å². The van der Waals surface area contributed by atoms with Gasteiger partial charge in [-0.1, -0.05) is 4.98 Å². The molecule has 0 aliphatic rings. The van der Waals surface area contributed by atoms with Gasteiger partial charge in [-0.2, -0.15) is 5.10 Å². The molecule has 0 saturated heterocycles. The lowest BCUT2D eigenvalue weighted by Crippen LogP contribution is -2.24. The van der Waals surface area contributed by atoms with E-state index in [1.165, 1.54) is 17.0 Å². The predicted octanol–water partition coefficient (Wildman–Crippen LogP) is -0.0217. The van der Waals surface area contributed by atoms with Crippen LogP contribution in [-0.4, -0.2) is 25.8 Å².